The predicted molar refractivity (Wildman–Crippen MR) is 71.2 cm³/mol. The summed E-state index contributed by atoms with van der Waals surface area (Å²) in [7, 11) is 0. The Labute approximate surface area is 102 Å². The summed E-state index contributed by atoms with van der Waals surface area (Å²) in [5.41, 5.74) is 1.35. The van der Waals surface area contributed by atoms with E-state index in [1.165, 1.54) is 17.3 Å². The molecule has 3 heteroatoms. The quantitative estimate of drug-likeness (QED) is 0.762. The molecule has 0 radical (unpaired) electrons. The molecular formula is C14H19N3. The minimum atomic E-state index is 0.705. The van der Waals surface area contributed by atoms with Crippen LogP contribution in [0, 0.1) is 0 Å². The summed E-state index contributed by atoms with van der Waals surface area (Å²) in [6.07, 6.45) is 3.38. The Morgan fingerprint density at radius 2 is 2.12 bits per heavy atom. The lowest BCUT2D eigenvalue weighted by atomic mass is 10.2. The van der Waals surface area contributed by atoms with Gasteiger partial charge in [0.2, 0.25) is 0 Å². The van der Waals surface area contributed by atoms with Crippen LogP contribution in [0.3, 0.4) is 0 Å². The van der Waals surface area contributed by atoms with Gasteiger partial charge in [0, 0.05) is 37.4 Å². The summed E-state index contributed by atoms with van der Waals surface area (Å²) in [6, 6.07) is 11.5. The number of hydrogen-bond donors (Lipinski definition) is 2. The van der Waals surface area contributed by atoms with Crippen LogP contribution in [0.15, 0.2) is 36.5 Å². The fraction of sp³-hybridized carbons (Fsp3) is 0.429. The number of aryl methyl sites for hydroxylation is 1. The zero-order valence-corrected chi connectivity index (χ0v) is 10.0. The van der Waals surface area contributed by atoms with E-state index in [0.717, 1.165) is 26.2 Å². The Morgan fingerprint density at radius 1 is 1.24 bits per heavy atom. The molecule has 3 rings (SSSR count). The number of benzene rings is 1. The molecule has 1 aromatic heterocycles. The van der Waals surface area contributed by atoms with Crippen LogP contribution in [0.1, 0.15) is 6.42 Å². The van der Waals surface area contributed by atoms with E-state index in [2.05, 4.69) is 51.7 Å². The summed E-state index contributed by atoms with van der Waals surface area (Å²) in [6.45, 7) is 4.47. The van der Waals surface area contributed by atoms with E-state index in [0.29, 0.717) is 6.04 Å². The Balaban J connectivity index is 1.53. The molecule has 0 amide bonds. The van der Waals surface area contributed by atoms with Gasteiger partial charge < -0.3 is 15.2 Å². The highest BCUT2D eigenvalue weighted by Crippen LogP contribution is 2.15. The molecule has 2 aromatic rings. The third-order valence-electron chi connectivity index (χ3n) is 3.47. The topological polar surface area (TPSA) is 29.0 Å². The van der Waals surface area contributed by atoms with Gasteiger partial charge in [0.25, 0.3) is 0 Å². The van der Waals surface area contributed by atoms with Gasteiger partial charge in [-0.05, 0) is 30.5 Å². The maximum absolute atomic E-state index is 3.55. The van der Waals surface area contributed by atoms with Crippen molar-refractivity contribution in [3.05, 3.63) is 36.5 Å². The van der Waals surface area contributed by atoms with Gasteiger partial charge in [-0.15, -0.1) is 0 Å². The molecule has 17 heavy (non-hydrogen) atoms. The number of rotatable bonds is 5. The van der Waals surface area contributed by atoms with Gasteiger partial charge in [-0.1, -0.05) is 18.2 Å². The number of nitrogens with one attached hydrogen (secondary N) is 2. The third-order valence-corrected chi connectivity index (χ3v) is 3.47. The van der Waals surface area contributed by atoms with Crippen molar-refractivity contribution in [2.45, 2.75) is 19.0 Å². The van der Waals surface area contributed by atoms with Gasteiger partial charge in [0.05, 0.1) is 0 Å². The zero-order valence-electron chi connectivity index (χ0n) is 10.0. The van der Waals surface area contributed by atoms with Gasteiger partial charge in [-0.3, -0.25) is 0 Å². The van der Waals surface area contributed by atoms with Crippen molar-refractivity contribution in [1.82, 2.24) is 15.2 Å². The maximum Gasteiger partial charge on any atom is 0.0480 e. The number of fused-ring (bicyclic) bond motifs is 1. The first-order valence-electron chi connectivity index (χ1n) is 6.41. The van der Waals surface area contributed by atoms with Crippen molar-refractivity contribution < 1.29 is 0 Å². The molecule has 1 aromatic carbocycles. The molecule has 0 bridgehead atoms. The van der Waals surface area contributed by atoms with Crippen molar-refractivity contribution in [3.63, 3.8) is 0 Å². The molecular weight excluding hydrogens is 210 g/mol. The first kappa shape index (κ1) is 10.8. The van der Waals surface area contributed by atoms with Crippen molar-refractivity contribution in [3.8, 4) is 0 Å². The molecule has 0 aliphatic carbocycles. The van der Waals surface area contributed by atoms with E-state index in [-0.39, 0.29) is 0 Å². The largest absolute Gasteiger partial charge is 0.347 e. The molecule has 1 saturated heterocycles. The Morgan fingerprint density at radius 3 is 2.94 bits per heavy atom. The summed E-state index contributed by atoms with van der Waals surface area (Å²) in [5, 5.41) is 8.16. The fourth-order valence-corrected chi connectivity index (χ4v) is 2.32. The molecule has 2 N–H and O–H groups in total. The average molecular weight is 229 g/mol. The van der Waals surface area contributed by atoms with Gasteiger partial charge >= 0.3 is 0 Å². The van der Waals surface area contributed by atoms with Crippen LogP contribution >= 0.6 is 0 Å². The molecule has 1 aliphatic heterocycles. The van der Waals surface area contributed by atoms with E-state index in [9.17, 15) is 0 Å². The second-order valence-corrected chi connectivity index (χ2v) is 4.73. The first-order chi connectivity index (χ1) is 8.43. The van der Waals surface area contributed by atoms with E-state index in [4.69, 9.17) is 0 Å². The highest BCUT2D eigenvalue weighted by Gasteiger charge is 2.14. The van der Waals surface area contributed by atoms with Crippen LogP contribution < -0.4 is 10.6 Å². The number of aromatic nitrogens is 1. The lowest BCUT2D eigenvalue weighted by Crippen LogP contribution is -2.55. The standard InChI is InChI=1S/C14H19N3/c1-2-5-14-12(4-1)6-9-17(14)8-3-7-16-13-10-15-11-13/h1-2,4-6,9,13,15-16H,3,7-8,10-11H2. The SMILES string of the molecule is c1ccc2c(c1)ccn2CCCNC1CNC1. The molecule has 2 heterocycles. The Bertz CT molecular complexity index is 485. The second kappa shape index (κ2) is 4.90. The van der Waals surface area contributed by atoms with Gasteiger partial charge in [0.15, 0.2) is 0 Å². The highest BCUT2D eigenvalue weighted by molar-refractivity contribution is 5.79. The van der Waals surface area contributed by atoms with Gasteiger partial charge in [0.1, 0.15) is 0 Å². The van der Waals surface area contributed by atoms with Crippen molar-refractivity contribution in [2.75, 3.05) is 19.6 Å². The van der Waals surface area contributed by atoms with Crippen molar-refractivity contribution >= 4 is 10.9 Å². The smallest absolute Gasteiger partial charge is 0.0480 e. The second-order valence-electron chi connectivity index (χ2n) is 4.73. The summed E-state index contributed by atoms with van der Waals surface area (Å²) in [4.78, 5) is 0. The predicted octanol–water partition coefficient (Wildman–Crippen LogP) is 1.59. The summed E-state index contributed by atoms with van der Waals surface area (Å²) in [5.74, 6) is 0. The van der Waals surface area contributed by atoms with Gasteiger partial charge in [-0.25, -0.2) is 0 Å². The highest BCUT2D eigenvalue weighted by atomic mass is 15.1. The van der Waals surface area contributed by atoms with Crippen LogP contribution in [0.4, 0.5) is 0 Å². The van der Waals surface area contributed by atoms with Crippen LogP contribution in [0.2, 0.25) is 0 Å². The van der Waals surface area contributed by atoms with Crippen LogP contribution in [0.5, 0.6) is 0 Å². The maximum atomic E-state index is 3.55. The van der Waals surface area contributed by atoms with Crippen molar-refractivity contribution in [1.29, 1.82) is 0 Å². The first-order valence-corrected chi connectivity index (χ1v) is 6.41. The van der Waals surface area contributed by atoms with Crippen LogP contribution in [-0.2, 0) is 6.54 Å². The minimum absolute atomic E-state index is 0.705. The van der Waals surface area contributed by atoms with Crippen LogP contribution in [0.25, 0.3) is 10.9 Å². The fourth-order valence-electron chi connectivity index (χ4n) is 2.32. The lowest BCUT2D eigenvalue weighted by Gasteiger charge is -2.28. The average Bonchev–Trinajstić information content (AvgIpc) is 2.70. The lowest BCUT2D eigenvalue weighted by molar-refractivity contribution is 0.362. The van der Waals surface area contributed by atoms with Gasteiger partial charge in [-0.2, -0.15) is 0 Å². The molecule has 0 spiro atoms. The number of para-hydroxylation sites is 1. The third kappa shape index (κ3) is 2.35. The monoisotopic (exact) mass is 229 g/mol. The Kier molecular flexibility index (Phi) is 3.12. The van der Waals surface area contributed by atoms with E-state index < -0.39 is 0 Å². The Hall–Kier alpha value is -1.32. The summed E-state index contributed by atoms with van der Waals surface area (Å²) < 4.78 is 2.34. The van der Waals surface area contributed by atoms with E-state index >= 15 is 0 Å². The molecule has 0 saturated carbocycles. The number of nitrogens with zero attached hydrogens (tertiary/aromatic N) is 1. The molecule has 3 nitrogen and oxygen atoms in total. The van der Waals surface area contributed by atoms with Crippen molar-refractivity contribution in [2.24, 2.45) is 0 Å². The normalized spacial score (nSPS) is 16.2. The minimum Gasteiger partial charge on any atom is -0.347 e. The molecule has 1 fully saturated rings. The summed E-state index contributed by atoms with van der Waals surface area (Å²) >= 11 is 0. The van der Waals surface area contributed by atoms with E-state index in [1.807, 2.05) is 0 Å². The molecule has 0 atom stereocenters. The van der Waals surface area contributed by atoms with E-state index in [1.54, 1.807) is 0 Å². The number of hydrogen-bond acceptors (Lipinski definition) is 2. The molecule has 0 unspecified atom stereocenters. The molecule has 1 aliphatic rings. The van der Waals surface area contributed by atoms with Crippen LogP contribution in [-0.4, -0.2) is 30.2 Å². The zero-order chi connectivity index (χ0) is 11.5. The molecule has 90 valence electrons.